The Morgan fingerprint density at radius 2 is 1.55 bits per heavy atom. The third kappa shape index (κ3) is 7.34. The Hall–Kier alpha value is -2.82. The molecule has 0 aromatic heterocycles. The van der Waals surface area contributed by atoms with Crippen LogP contribution in [-0.2, 0) is 29.0 Å². The van der Waals surface area contributed by atoms with Gasteiger partial charge in [0.15, 0.2) is 0 Å². The van der Waals surface area contributed by atoms with Gasteiger partial charge in [-0.1, -0.05) is 83.9 Å². The number of nitrogens with one attached hydrogen (secondary N) is 1. The van der Waals surface area contributed by atoms with Gasteiger partial charge in [-0.25, -0.2) is 0 Å². The second kappa shape index (κ2) is 11.9. The highest BCUT2D eigenvalue weighted by Crippen LogP contribution is 2.22. The van der Waals surface area contributed by atoms with Gasteiger partial charge in [0, 0.05) is 29.1 Å². The van der Waals surface area contributed by atoms with Crippen molar-refractivity contribution >= 4 is 35.0 Å². The van der Waals surface area contributed by atoms with E-state index in [1.807, 2.05) is 74.5 Å². The van der Waals surface area contributed by atoms with Gasteiger partial charge in [-0.05, 0) is 48.7 Å². The van der Waals surface area contributed by atoms with E-state index in [0.29, 0.717) is 16.5 Å². The molecule has 0 fully saturated rings. The highest BCUT2D eigenvalue weighted by molar-refractivity contribution is 6.31. The zero-order valence-electron chi connectivity index (χ0n) is 18.8. The summed E-state index contributed by atoms with van der Waals surface area (Å²) >= 11 is 12.6. The standard InChI is InChI=1S/C27H28Cl2N2O2/c1-19(2)30-27(33)25(16-20-9-4-3-5-10-20)31(18-22-12-6-7-14-24(22)29)26(32)17-21-11-8-13-23(28)15-21/h3-15,19,25H,16-18H2,1-2H3,(H,30,33)/t25-/m0/s1. The van der Waals surface area contributed by atoms with Crippen LogP contribution >= 0.6 is 23.2 Å². The van der Waals surface area contributed by atoms with Crippen molar-refractivity contribution in [3.05, 3.63) is 106 Å². The molecule has 0 bridgehead atoms. The van der Waals surface area contributed by atoms with Gasteiger partial charge in [0.25, 0.3) is 0 Å². The molecule has 1 N–H and O–H groups in total. The first-order valence-corrected chi connectivity index (χ1v) is 11.7. The third-order valence-corrected chi connectivity index (χ3v) is 5.85. The zero-order chi connectivity index (χ0) is 23.8. The molecule has 3 rings (SSSR count). The molecule has 6 heteroatoms. The molecule has 33 heavy (non-hydrogen) atoms. The van der Waals surface area contributed by atoms with Crippen LogP contribution in [0.1, 0.15) is 30.5 Å². The lowest BCUT2D eigenvalue weighted by Gasteiger charge is -2.32. The normalized spacial score (nSPS) is 11.8. The lowest BCUT2D eigenvalue weighted by Crippen LogP contribution is -2.52. The van der Waals surface area contributed by atoms with Crippen LogP contribution in [0.15, 0.2) is 78.9 Å². The minimum absolute atomic E-state index is 0.0547. The summed E-state index contributed by atoms with van der Waals surface area (Å²) in [6.45, 7) is 4.04. The van der Waals surface area contributed by atoms with Crippen LogP contribution in [-0.4, -0.2) is 28.8 Å². The maximum atomic E-state index is 13.6. The number of benzene rings is 3. The average molecular weight is 483 g/mol. The van der Waals surface area contributed by atoms with E-state index in [-0.39, 0.29) is 30.8 Å². The predicted octanol–water partition coefficient (Wildman–Crippen LogP) is 5.70. The molecular weight excluding hydrogens is 455 g/mol. The van der Waals surface area contributed by atoms with Crippen molar-refractivity contribution in [2.45, 2.75) is 45.3 Å². The molecule has 0 aliphatic heterocycles. The number of halogens is 2. The first-order chi connectivity index (χ1) is 15.8. The van der Waals surface area contributed by atoms with E-state index < -0.39 is 6.04 Å². The molecule has 0 aliphatic carbocycles. The molecule has 0 spiro atoms. The first-order valence-electron chi connectivity index (χ1n) is 10.9. The van der Waals surface area contributed by atoms with E-state index in [1.165, 1.54) is 0 Å². The molecule has 0 heterocycles. The van der Waals surface area contributed by atoms with Crippen molar-refractivity contribution in [3.63, 3.8) is 0 Å². The van der Waals surface area contributed by atoms with Gasteiger partial charge in [-0.2, -0.15) is 0 Å². The zero-order valence-corrected chi connectivity index (χ0v) is 20.3. The Labute approximate surface area is 205 Å². The Morgan fingerprint density at radius 1 is 0.879 bits per heavy atom. The monoisotopic (exact) mass is 482 g/mol. The average Bonchev–Trinajstić information content (AvgIpc) is 2.77. The summed E-state index contributed by atoms with van der Waals surface area (Å²) in [5, 5.41) is 4.11. The van der Waals surface area contributed by atoms with Crippen LogP contribution in [0, 0.1) is 0 Å². The summed E-state index contributed by atoms with van der Waals surface area (Å²) in [4.78, 5) is 28.6. The molecule has 3 aromatic rings. The summed E-state index contributed by atoms with van der Waals surface area (Å²) in [7, 11) is 0. The number of hydrogen-bond acceptors (Lipinski definition) is 2. The second-order valence-corrected chi connectivity index (χ2v) is 9.13. The van der Waals surface area contributed by atoms with Gasteiger partial charge in [-0.3, -0.25) is 9.59 Å². The fraction of sp³-hybridized carbons (Fsp3) is 0.259. The fourth-order valence-corrected chi connectivity index (χ4v) is 4.08. The minimum atomic E-state index is -0.697. The molecule has 4 nitrogen and oxygen atoms in total. The predicted molar refractivity (Wildman–Crippen MR) is 134 cm³/mol. The number of carbonyl (C=O) groups is 2. The first kappa shape index (κ1) is 24.8. The molecule has 3 aromatic carbocycles. The maximum Gasteiger partial charge on any atom is 0.243 e. The van der Waals surface area contributed by atoms with Gasteiger partial charge >= 0.3 is 0 Å². The Balaban J connectivity index is 1.98. The maximum absolute atomic E-state index is 13.6. The quantitative estimate of drug-likeness (QED) is 0.425. The Bertz CT molecular complexity index is 1090. The molecule has 172 valence electrons. The highest BCUT2D eigenvalue weighted by atomic mass is 35.5. The number of nitrogens with zero attached hydrogens (tertiary/aromatic N) is 1. The van der Waals surface area contributed by atoms with Crippen LogP contribution in [0.3, 0.4) is 0 Å². The van der Waals surface area contributed by atoms with Crippen molar-refractivity contribution in [3.8, 4) is 0 Å². The molecule has 0 radical (unpaired) electrons. The summed E-state index contributed by atoms with van der Waals surface area (Å²) in [6, 6.07) is 23.6. The van der Waals surface area contributed by atoms with E-state index in [4.69, 9.17) is 23.2 Å². The van der Waals surface area contributed by atoms with Gasteiger partial charge < -0.3 is 10.2 Å². The van der Waals surface area contributed by atoms with Crippen LogP contribution < -0.4 is 5.32 Å². The molecule has 0 aliphatic rings. The summed E-state index contributed by atoms with van der Waals surface area (Å²) in [5.41, 5.74) is 2.55. The van der Waals surface area contributed by atoms with E-state index in [0.717, 1.165) is 16.7 Å². The van der Waals surface area contributed by atoms with Crippen molar-refractivity contribution in [2.24, 2.45) is 0 Å². The van der Waals surface area contributed by atoms with Gasteiger partial charge in [0.05, 0.1) is 6.42 Å². The van der Waals surface area contributed by atoms with Gasteiger partial charge in [0.2, 0.25) is 11.8 Å². The third-order valence-electron chi connectivity index (χ3n) is 5.24. The lowest BCUT2D eigenvalue weighted by atomic mass is 10.0. The van der Waals surface area contributed by atoms with Crippen LogP contribution in [0.2, 0.25) is 10.0 Å². The Kier molecular flexibility index (Phi) is 8.93. The van der Waals surface area contributed by atoms with Crippen LogP contribution in [0.25, 0.3) is 0 Å². The summed E-state index contributed by atoms with van der Waals surface area (Å²) < 4.78 is 0. The molecule has 0 saturated heterocycles. The smallest absolute Gasteiger partial charge is 0.243 e. The van der Waals surface area contributed by atoms with Crippen LogP contribution in [0.5, 0.6) is 0 Å². The number of rotatable bonds is 9. The Morgan fingerprint density at radius 3 is 2.21 bits per heavy atom. The van der Waals surface area contributed by atoms with Crippen LogP contribution in [0.4, 0.5) is 0 Å². The van der Waals surface area contributed by atoms with E-state index in [1.54, 1.807) is 23.1 Å². The number of carbonyl (C=O) groups excluding carboxylic acids is 2. The van der Waals surface area contributed by atoms with Crippen molar-refractivity contribution in [2.75, 3.05) is 0 Å². The summed E-state index contributed by atoms with van der Waals surface area (Å²) in [6.07, 6.45) is 0.524. The fourth-order valence-electron chi connectivity index (χ4n) is 3.67. The molecule has 0 unspecified atom stereocenters. The highest BCUT2D eigenvalue weighted by Gasteiger charge is 2.31. The van der Waals surface area contributed by atoms with Crippen molar-refractivity contribution in [1.82, 2.24) is 10.2 Å². The van der Waals surface area contributed by atoms with Crippen molar-refractivity contribution in [1.29, 1.82) is 0 Å². The second-order valence-electron chi connectivity index (χ2n) is 8.29. The van der Waals surface area contributed by atoms with E-state index in [9.17, 15) is 9.59 Å². The molecule has 0 saturated carbocycles. The number of amides is 2. The lowest BCUT2D eigenvalue weighted by molar-refractivity contribution is -0.141. The molecule has 2 amide bonds. The minimum Gasteiger partial charge on any atom is -0.352 e. The van der Waals surface area contributed by atoms with Gasteiger partial charge in [0.1, 0.15) is 6.04 Å². The van der Waals surface area contributed by atoms with Gasteiger partial charge in [-0.15, -0.1) is 0 Å². The summed E-state index contributed by atoms with van der Waals surface area (Å²) in [5.74, 6) is -0.364. The SMILES string of the molecule is CC(C)NC(=O)[C@H](Cc1ccccc1)N(Cc1ccccc1Cl)C(=O)Cc1cccc(Cl)c1. The van der Waals surface area contributed by atoms with Crippen molar-refractivity contribution < 1.29 is 9.59 Å². The molecular formula is C27H28Cl2N2O2. The largest absolute Gasteiger partial charge is 0.352 e. The molecule has 1 atom stereocenters. The van der Waals surface area contributed by atoms with E-state index in [2.05, 4.69) is 5.32 Å². The van der Waals surface area contributed by atoms with E-state index >= 15 is 0 Å². The topological polar surface area (TPSA) is 49.4 Å². The number of hydrogen-bond donors (Lipinski definition) is 1.